The van der Waals surface area contributed by atoms with Gasteiger partial charge in [0.2, 0.25) is 10.0 Å². The summed E-state index contributed by atoms with van der Waals surface area (Å²) < 4.78 is 31.8. The standard InChI is InChI=1S/C19H23ClN2O5S2/c1-4-22(5-2)29(25,26)15-8-9-16(20)17(12-15)21-19(24)13(3)27-18(23)11-14-7-6-10-28-14/h6-10,12-13H,4-5,11H2,1-3H3,(H,21,24). The Bertz CT molecular complexity index is 957. The van der Waals surface area contributed by atoms with Gasteiger partial charge in [0.15, 0.2) is 6.10 Å². The van der Waals surface area contributed by atoms with Crippen molar-refractivity contribution in [2.24, 2.45) is 0 Å². The Kier molecular flexibility index (Phi) is 8.21. The highest BCUT2D eigenvalue weighted by Gasteiger charge is 2.24. The Labute approximate surface area is 179 Å². The number of ether oxygens (including phenoxy) is 1. The molecular formula is C19H23ClN2O5S2. The molecule has 0 radical (unpaired) electrons. The van der Waals surface area contributed by atoms with Crippen LogP contribution in [0, 0.1) is 0 Å². The Morgan fingerprint density at radius 1 is 1.24 bits per heavy atom. The van der Waals surface area contributed by atoms with Crippen LogP contribution in [0.4, 0.5) is 5.69 Å². The van der Waals surface area contributed by atoms with E-state index < -0.39 is 28.0 Å². The predicted molar refractivity (Wildman–Crippen MR) is 114 cm³/mol. The highest BCUT2D eigenvalue weighted by atomic mass is 35.5. The van der Waals surface area contributed by atoms with E-state index in [1.807, 2.05) is 11.4 Å². The van der Waals surface area contributed by atoms with Crippen LogP contribution in [0.3, 0.4) is 0 Å². The van der Waals surface area contributed by atoms with E-state index in [9.17, 15) is 18.0 Å². The third-order valence-electron chi connectivity index (χ3n) is 4.12. The fourth-order valence-corrected chi connectivity index (χ4v) is 4.90. The Morgan fingerprint density at radius 2 is 1.93 bits per heavy atom. The van der Waals surface area contributed by atoms with Crippen molar-refractivity contribution in [3.63, 3.8) is 0 Å². The molecule has 0 bridgehead atoms. The zero-order valence-electron chi connectivity index (χ0n) is 16.3. The molecule has 1 unspecified atom stereocenters. The fourth-order valence-electron chi connectivity index (χ4n) is 2.56. The number of carbonyl (C=O) groups is 2. The SMILES string of the molecule is CCN(CC)S(=O)(=O)c1ccc(Cl)c(NC(=O)C(C)OC(=O)Cc2cccs2)c1. The van der Waals surface area contributed by atoms with Crippen LogP contribution in [-0.4, -0.2) is 43.8 Å². The second-order valence-corrected chi connectivity index (χ2v) is 9.49. The van der Waals surface area contributed by atoms with Crippen molar-refractivity contribution < 1.29 is 22.7 Å². The molecule has 158 valence electrons. The first-order valence-electron chi connectivity index (χ1n) is 9.01. The second-order valence-electron chi connectivity index (χ2n) is 6.11. The summed E-state index contributed by atoms with van der Waals surface area (Å²) in [7, 11) is -3.71. The number of sulfonamides is 1. The molecule has 1 aromatic heterocycles. The summed E-state index contributed by atoms with van der Waals surface area (Å²) in [5, 5.41) is 4.56. The highest BCUT2D eigenvalue weighted by Crippen LogP contribution is 2.27. The Hall–Kier alpha value is -1.94. The van der Waals surface area contributed by atoms with Gasteiger partial charge >= 0.3 is 5.97 Å². The first kappa shape index (κ1) is 23.3. The average Bonchev–Trinajstić information content (AvgIpc) is 3.16. The molecule has 0 aliphatic carbocycles. The van der Waals surface area contributed by atoms with Crippen LogP contribution in [0.5, 0.6) is 0 Å². The monoisotopic (exact) mass is 458 g/mol. The molecule has 1 heterocycles. The molecule has 0 saturated carbocycles. The predicted octanol–water partition coefficient (Wildman–Crippen LogP) is 3.54. The average molecular weight is 459 g/mol. The molecule has 2 aromatic rings. The fraction of sp³-hybridized carbons (Fsp3) is 0.368. The molecule has 10 heteroatoms. The molecule has 1 amide bonds. The topological polar surface area (TPSA) is 92.8 Å². The lowest BCUT2D eigenvalue weighted by atomic mass is 10.3. The molecule has 1 aromatic carbocycles. The van der Waals surface area contributed by atoms with Gasteiger partial charge in [0.25, 0.3) is 5.91 Å². The van der Waals surface area contributed by atoms with Crippen LogP contribution in [0.25, 0.3) is 0 Å². The van der Waals surface area contributed by atoms with E-state index >= 15 is 0 Å². The second kappa shape index (κ2) is 10.2. The first-order chi connectivity index (χ1) is 13.7. The molecule has 2 rings (SSSR count). The molecule has 1 N–H and O–H groups in total. The van der Waals surface area contributed by atoms with Crippen molar-refractivity contribution in [1.29, 1.82) is 0 Å². The minimum absolute atomic E-state index is 0.0169. The maximum absolute atomic E-state index is 12.7. The highest BCUT2D eigenvalue weighted by molar-refractivity contribution is 7.89. The lowest BCUT2D eigenvalue weighted by Crippen LogP contribution is -2.31. The molecule has 0 aliphatic heterocycles. The number of carbonyl (C=O) groups excluding carboxylic acids is 2. The van der Waals surface area contributed by atoms with Crippen molar-refractivity contribution in [2.75, 3.05) is 18.4 Å². The van der Waals surface area contributed by atoms with E-state index in [2.05, 4.69) is 5.32 Å². The number of anilines is 1. The summed E-state index contributed by atoms with van der Waals surface area (Å²) in [5.74, 6) is -1.14. The van der Waals surface area contributed by atoms with Crippen LogP contribution in [0.2, 0.25) is 5.02 Å². The van der Waals surface area contributed by atoms with Crippen molar-refractivity contribution in [1.82, 2.24) is 4.31 Å². The lowest BCUT2D eigenvalue weighted by Gasteiger charge is -2.19. The van der Waals surface area contributed by atoms with Gasteiger partial charge < -0.3 is 10.1 Å². The number of rotatable bonds is 9. The smallest absolute Gasteiger partial charge is 0.311 e. The number of thiophene rings is 1. The molecule has 7 nitrogen and oxygen atoms in total. The van der Waals surface area contributed by atoms with Crippen LogP contribution in [-0.2, 0) is 30.8 Å². The number of nitrogens with zero attached hydrogens (tertiary/aromatic N) is 1. The number of hydrogen-bond donors (Lipinski definition) is 1. The van der Waals surface area contributed by atoms with E-state index in [0.29, 0.717) is 13.1 Å². The third kappa shape index (κ3) is 6.02. The van der Waals surface area contributed by atoms with Gasteiger partial charge in [-0.1, -0.05) is 31.5 Å². The van der Waals surface area contributed by atoms with Gasteiger partial charge in [-0.25, -0.2) is 8.42 Å². The van der Waals surface area contributed by atoms with Crippen LogP contribution < -0.4 is 5.32 Å². The summed E-state index contributed by atoms with van der Waals surface area (Å²) in [4.78, 5) is 25.2. The number of nitrogens with one attached hydrogen (secondary N) is 1. The quantitative estimate of drug-likeness (QED) is 0.580. The summed E-state index contributed by atoms with van der Waals surface area (Å²) >= 11 is 7.53. The zero-order valence-corrected chi connectivity index (χ0v) is 18.7. The third-order valence-corrected chi connectivity index (χ3v) is 7.37. The van der Waals surface area contributed by atoms with E-state index in [4.69, 9.17) is 16.3 Å². The molecule has 0 spiro atoms. The number of benzene rings is 1. The van der Waals surface area contributed by atoms with Gasteiger partial charge in [0, 0.05) is 18.0 Å². The molecule has 29 heavy (non-hydrogen) atoms. The van der Waals surface area contributed by atoms with Crippen molar-refractivity contribution in [3.8, 4) is 0 Å². The number of esters is 1. The molecule has 0 saturated heterocycles. The minimum Gasteiger partial charge on any atom is -0.452 e. The van der Waals surface area contributed by atoms with Gasteiger partial charge in [-0.05, 0) is 36.6 Å². The van der Waals surface area contributed by atoms with Gasteiger partial charge in [0.05, 0.1) is 22.0 Å². The molecule has 0 aliphatic rings. The van der Waals surface area contributed by atoms with Crippen molar-refractivity contribution >= 4 is 50.5 Å². The van der Waals surface area contributed by atoms with E-state index in [-0.39, 0.29) is 22.0 Å². The van der Waals surface area contributed by atoms with E-state index in [0.717, 1.165) is 4.88 Å². The first-order valence-corrected chi connectivity index (χ1v) is 11.7. The lowest BCUT2D eigenvalue weighted by molar-refractivity contribution is -0.152. The zero-order chi connectivity index (χ0) is 21.6. The number of amides is 1. The molecule has 0 fully saturated rings. The summed E-state index contributed by atoms with van der Waals surface area (Å²) in [5.41, 5.74) is 0.131. The summed E-state index contributed by atoms with van der Waals surface area (Å²) in [6.07, 6.45) is -0.991. The minimum atomic E-state index is -3.71. The molecular weight excluding hydrogens is 436 g/mol. The van der Waals surface area contributed by atoms with E-state index in [1.54, 1.807) is 19.9 Å². The number of hydrogen-bond acceptors (Lipinski definition) is 6. The Balaban J connectivity index is 2.10. The number of halogens is 1. The van der Waals surface area contributed by atoms with E-state index in [1.165, 1.54) is 40.8 Å². The van der Waals surface area contributed by atoms with Gasteiger partial charge in [-0.15, -0.1) is 11.3 Å². The van der Waals surface area contributed by atoms with Gasteiger partial charge in [-0.2, -0.15) is 4.31 Å². The Morgan fingerprint density at radius 3 is 2.52 bits per heavy atom. The maximum atomic E-state index is 12.7. The largest absolute Gasteiger partial charge is 0.452 e. The van der Waals surface area contributed by atoms with Crippen LogP contribution >= 0.6 is 22.9 Å². The van der Waals surface area contributed by atoms with Gasteiger partial charge in [0.1, 0.15) is 0 Å². The van der Waals surface area contributed by atoms with Crippen molar-refractivity contribution in [2.45, 2.75) is 38.2 Å². The van der Waals surface area contributed by atoms with Crippen LogP contribution in [0.15, 0.2) is 40.6 Å². The normalized spacial score (nSPS) is 12.6. The summed E-state index contributed by atoms with van der Waals surface area (Å²) in [6, 6.07) is 7.72. The van der Waals surface area contributed by atoms with Gasteiger partial charge in [-0.3, -0.25) is 9.59 Å². The molecule has 1 atom stereocenters. The maximum Gasteiger partial charge on any atom is 0.311 e. The summed E-state index contributed by atoms with van der Waals surface area (Å²) in [6.45, 7) is 5.56. The van der Waals surface area contributed by atoms with Crippen LogP contribution in [0.1, 0.15) is 25.6 Å². The van der Waals surface area contributed by atoms with Crippen molar-refractivity contribution in [3.05, 3.63) is 45.6 Å².